The number of carbonyl (C=O) groups is 2. The number of carbonyl (C=O) groups excluding carboxylic acids is 2. The summed E-state index contributed by atoms with van der Waals surface area (Å²) in [5, 5.41) is 13.9. The van der Waals surface area contributed by atoms with Crippen LogP contribution < -0.4 is 10.6 Å². The normalized spacial score (nSPS) is 14.6. The molecule has 1 aliphatic rings. The molecular weight excluding hydrogens is 244 g/mol. The lowest BCUT2D eigenvalue weighted by Crippen LogP contribution is -2.38. The highest BCUT2D eigenvalue weighted by Gasteiger charge is 2.16. The lowest BCUT2D eigenvalue weighted by Gasteiger charge is -2.09. The minimum Gasteiger partial charge on any atom is -0.392 e. The van der Waals surface area contributed by atoms with Crippen molar-refractivity contribution in [1.29, 1.82) is 0 Å². The topological polar surface area (TPSA) is 78.4 Å². The van der Waals surface area contributed by atoms with Crippen molar-refractivity contribution >= 4 is 17.5 Å². The summed E-state index contributed by atoms with van der Waals surface area (Å²) in [5.74, 6) is -1.44. The lowest BCUT2D eigenvalue weighted by molar-refractivity contribution is -0.136. The predicted octanol–water partition coefficient (Wildman–Crippen LogP) is 0.611. The van der Waals surface area contributed by atoms with Gasteiger partial charge >= 0.3 is 11.8 Å². The van der Waals surface area contributed by atoms with Gasteiger partial charge in [0.2, 0.25) is 0 Å². The van der Waals surface area contributed by atoms with Crippen LogP contribution in [0.25, 0.3) is 0 Å². The number of hydrogen-bond donors (Lipinski definition) is 3. The number of aryl methyl sites for hydroxylation is 2. The van der Waals surface area contributed by atoms with E-state index in [0.717, 1.165) is 19.3 Å². The molecule has 19 heavy (non-hydrogen) atoms. The summed E-state index contributed by atoms with van der Waals surface area (Å²) in [7, 11) is 0. The van der Waals surface area contributed by atoms with Crippen molar-refractivity contribution in [2.45, 2.75) is 32.3 Å². The van der Waals surface area contributed by atoms with Crippen LogP contribution in [0.2, 0.25) is 0 Å². The predicted molar refractivity (Wildman–Crippen MR) is 71.8 cm³/mol. The van der Waals surface area contributed by atoms with E-state index in [2.05, 4.69) is 10.6 Å². The average molecular weight is 262 g/mol. The number of nitrogens with one attached hydrogen (secondary N) is 2. The number of amides is 2. The summed E-state index contributed by atoms with van der Waals surface area (Å²) in [6.07, 6.45) is 2.57. The zero-order valence-electron chi connectivity index (χ0n) is 10.9. The van der Waals surface area contributed by atoms with Gasteiger partial charge in [-0.3, -0.25) is 9.59 Å². The molecule has 0 aliphatic heterocycles. The molecule has 0 aromatic heterocycles. The Morgan fingerprint density at radius 1 is 1.26 bits per heavy atom. The highest BCUT2D eigenvalue weighted by molar-refractivity contribution is 6.39. The van der Waals surface area contributed by atoms with E-state index >= 15 is 0 Å². The van der Waals surface area contributed by atoms with E-state index in [-0.39, 0.29) is 6.54 Å². The molecule has 5 nitrogen and oxygen atoms in total. The van der Waals surface area contributed by atoms with Gasteiger partial charge in [0.15, 0.2) is 0 Å². The van der Waals surface area contributed by atoms with E-state index in [1.54, 1.807) is 6.92 Å². The Morgan fingerprint density at radius 3 is 2.74 bits per heavy atom. The quantitative estimate of drug-likeness (QED) is 0.698. The van der Waals surface area contributed by atoms with Crippen LogP contribution in [0.5, 0.6) is 0 Å². The van der Waals surface area contributed by atoms with E-state index in [1.165, 1.54) is 11.1 Å². The van der Waals surface area contributed by atoms with E-state index in [0.29, 0.717) is 5.69 Å². The first-order valence-electron chi connectivity index (χ1n) is 6.45. The van der Waals surface area contributed by atoms with Crippen LogP contribution >= 0.6 is 0 Å². The number of rotatable bonds is 3. The third-order valence-electron chi connectivity index (χ3n) is 3.12. The van der Waals surface area contributed by atoms with Crippen molar-refractivity contribution in [2.75, 3.05) is 11.9 Å². The number of benzene rings is 1. The molecule has 0 saturated carbocycles. The molecule has 2 rings (SSSR count). The second kappa shape index (κ2) is 5.84. The number of anilines is 1. The number of aliphatic hydroxyl groups is 1. The lowest BCUT2D eigenvalue weighted by atomic mass is 10.1. The second-order valence-electron chi connectivity index (χ2n) is 4.85. The van der Waals surface area contributed by atoms with Crippen molar-refractivity contribution < 1.29 is 14.7 Å². The largest absolute Gasteiger partial charge is 0.392 e. The van der Waals surface area contributed by atoms with Crippen LogP contribution in [0.15, 0.2) is 18.2 Å². The smallest absolute Gasteiger partial charge is 0.313 e. The van der Waals surface area contributed by atoms with Crippen molar-refractivity contribution in [3.63, 3.8) is 0 Å². The summed E-state index contributed by atoms with van der Waals surface area (Å²) in [6, 6.07) is 5.72. The molecule has 1 aromatic carbocycles. The molecular formula is C14H18N2O3. The molecule has 2 amide bonds. The van der Waals surface area contributed by atoms with Crippen molar-refractivity contribution in [2.24, 2.45) is 0 Å². The molecule has 102 valence electrons. The summed E-state index contributed by atoms with van der Waals surface area (Å²) in [6.45, 7) is 1.61. The maximum Gasteiger partial charge on any atom is 0.313 e. The zero-order chi connectivity index (χ0) is 13.8. The molecule has 3 N–H and O–H groups in total. The highest BCUT2D eigenvalue weighted by atomic mass is 16.3. The molecule has 0 bridgehead atoms. The van der Waals surface area contributed by atoms with Crippen LogP contribution in [0.4, 0.5) is 5.69 Å². The van der Waals surface area contributed by atoms with Gasteiger partial charge in [-0.1, -0.05) is 6.07 Å². The summed E-state index contributed by atoms with van der Waals surface area (Å²) in [5.41, 5.74) is 3.19. The van der Waals surface area contributed by atoms with Crippen molar-refractivity contribution in [3.05, 3.63) is 29.3 Å². The Morgan fingerprint density at radius 2 is 2.00 bits per heavy atom. The van der Waals surface area contributed by atoms with Gasteiger partial charge in [-0.05, 0) is 49.4 Å². The Kier molecular flexibility index (Phi) is 4.16. The molecule has 0 unspecified atom stereocenters. The first-order chi connectivity index (χ1) is 9.06. The van der Waals surface area contributed by atoms with Gasteiger partial charge in [-0.25, -0.2) is 0 Å². The maximum absolute atomic E-state index is 11.6. The fourth-order valence-electron chi connectivity index (χ4n) is 2.16. The van der Waals surface area contributed by atoms with E-state index in [1.807, 2.05) is 18.2 Å². The molecule has 5 heteroatoms. The van der Waals surface area contributed by atoms with Crippen LogP contribution in [0.1, 0.15) is 24.5 Å². The monoisotopic (exact) mass is 262 g/mol. The molecule has 0 heterocycles. The third kappa shape index (κ3) is 3.54. The average Bonchev–Trinajstić information content (AvgIpc) is 2.83. The zero-order valence-corrected chi connectivity index (χ0v) is 10.9. The van der Waals surface area contributed by atoms with Crippen molar-refractivity contribution in [3.8, 4) is 0 Å². The van der Waals surface area contributed by atoms with Gasteiger partial charge in [0.25, 0.3) is 0 Å². The molecule has 0 fully saturated rings. The van der Waals surface area contributed by atoms with Gasteiger partial charge in [0.1, 0.15) is 0 Å². The third-order valence-corrected chi connectivity index (χ3v) is 3.12. The fraction of sp³-hybridized carbons (Fsp3) is 0.429. The fourth-order valence-corrected chi connectivity index (χ4v) is 2.16. The van der Waals surface area contributed by atoms with E-state index < -0.39 is 17.9 Å². The molecule has 0 saturated heterocycles. The molecule has 1 aromatic rings. The van der Waals surface area contributed by atoms with Gasteiger partial charge < -0.3 is 15.7 Å². The molecule has 0 spiro atoms. The summed E-state index contributed by atoms with van der Waals surface area (Å²) < 4.78 is 0. The van der Waals surface area contributed by atoms with Gasteiger partial charge in [-0.2, -0.15) is 0 Å². The van der Waals surface area contributed by atoms with Crippen LogP contribution in [-0.2, 0) is 22.4 Å². The van der Waals surface area contributed by atoms with E-state index in [4.69, 9.17) is 5.11 Å². The van der Waals surface area contributed by atoms with Crippen LogP contribution in [-0.4, -0.2) is 29.6 Å². The SMILES string of the molecule is C[C@H](O)CNC(=O)C(=O)Nc1ccc2c(c1)CCC2. The second-order valence-corrected chi connectivity index (χ2v) is 4.85. The summed E-state index contributed by atoms with van der Waals surface area (Å²) in [4.78, 5) is 23.1. The molecule has 0 radical (unpaired) electrons. The number of fused-ring (bicyclic) bond motifs is 1. The first kappa shape index (κ1) is 13.5. The Bertz CT molecular complexity index is 497. The summed E-state index contributed by atoms with van der Waals surface area (Å²) >= 11 is 0. The highest BCUT2D eigenvalue weighted by Crippen LogP contribution is 2.24. The van der Waals surface area contributed by atoms with Crippen LogP contribution in [0.3, 0.4) is 0 Å². The Hall–Kier alpha value is -1.88. The van der Waals surface area contributed by atoms with E-state index in [9.17, 15) is 9.59 Å². The Balaban J connectivity index is 1.93. The maximum atomic E-state index is 11.6. The van der Waals surface area contributed by atoms with Crippen molar-refractivity contribution in [1.82, 2.24) is 5.32 Å². The van der Waals surface area contributed by atoms with Gasteiger partial charge in [0, 0.05) is 12.2 Å². The number of hydrogen-bond acceptors (Lipinski definition) is 3. The number of aliphatic hydroxyl groups excluding tert-OH is 1. The van der Waals surface area contributed by atoms with Gasteiger partial charge in [0.05, 0.1) is 6.10 Å². The van der Waals surface area contributed by atoms with Gasteiger partial charge in [-0.15, -0.1) is 0 Å². The first-order valence-corrected chi connectivity index (χ1v) is 6.45. The van der Waals surface area contributed by atoms with Crippen LogP contribution in [0, 0.1) is 0 Å². The molecule has 1 aliphatic carbocycles. The minimum absolute atomic E-state index is 0.0659. The Labute approximate surface area is 112 Å². The standard InChI is InChI=1S/C14H18N2O3/c1-9(17)8-15-13(18)14(19)16-12-6-5-10-3-2-4-11(10)7-12/h5-7,9,17H,2-4,8H2,1H3,(H,15,18)(H,16,19)/t9-/m0/s1. The minimum atomic E-state index is -0.735. The molecule has 1 atom stereocenters.